The number of nitrogens with one attached hydrogen (secondary N) is 1. The fourth-order valence-electron chi connectivity index (χ4n) is 2.80. The van der Waals surface area contributed by atoms with Gasteiger partial charge in [0.05, 0.1) is 0 Å². The number of hydrogen-bond donors (Lipinski definition) is 1. The molecule has 16 heavy (non-hydrogen) atoms. The zero-order valence-corrected chi connectivity index (χ0v) is 10.8. The van der Waals surface area contributed by atoms with Crippen molar-refractivity contribution in [2.75, 3.05) is 19.6 Å². The lowest BCUT2D eigenvalue weighted by Gasteiger charge is -2.22. The second-order valence-corrected chi connectivity index (χ2v) is 5.62. The first kappa shape index (κ1) is 12.1. The van der Waals surface area contributed by atoms with E-state index in [0.717, 1.165) is 12.0 Å². The molecule has 1 aliphatic carbocycles. The Hall–Kier alpha value is -0.340. The molecule has 0 aromatic rings. The SMILES string of the molecule is CC(C)N1CCC(CNC2C=CCCC2)C1. The summed E-state index contributed by atoms with van der Waals surface area (Å²) in [5.74, 6) is 0.873. The molecule has 2 aliphatic rings. The summed E-state index contributed by atoms with van der Waals surface area (Å²) < 4.78 is 0. The third-order valence-corrected chi connectivity index (χ3v) is 3.97. The summed E-state index contributed by atoms with van der Waals surface area (Å²) in [7, 11) is 0. The van der Waals surface area contributed by atoms with E-state index in [-0.39, 0.29) is 0 Å². The van der Waals surface area contributed by atoms with Crippen molar-refractivity contribution in [1.29, 1.82) is 0 Å². The standard InChI is InChI=1S/C14H26N2/c1-12(2)16-9-8-13(11-16)10-15-14-6-4-3-5-7-14/h4,6,12-15H,3,5,7-11H2,1-2H3. The molecule has 0 bridgehead atoms. The second kappa shape index (κ2) is 5.83. The van der Waals surface area contributed by atoms with E-state index < -0.39 is 0 Å². The third-order valence-electron chi connectivity index (χ3n) is 3.97. The van der Waals surface area contributed by atoms with Crippen LogP contribution in [0.4, 0.5) is 0 Å². The van der Waals surface area contributed by atoms with Crippen LogP contribution in [0.3, 0.4) is 0 Å². The summed E-state index contributed by atoms with van der Waals surface area (Å²) >= 11 is 0. The van der Waals surface area contributed by atoms with Gasteiger partial charge < -0.3 is 10.2 Å². The molecule has 2 atom stereocenters. The van der Waals surface area contributed by atoms with E-state index in [4.69, 9.17) is 0 Å². The van der Waals surface area contributed by atoms with Crippen molar-refractivity contribution in [1.82, 2.24) is 10.2 Å². The molecule has 0 saturated carbocycles. The summed E-state index contributed by atoms with van der Waals surface area (Å²) in [6.07, 6.45) is 10.0. The molecule has 0 amide bonds. The van der Waals surface area contributed by atoms with Crippen molar-refractivity contribution in [2.24, 2.45) is 5.92 Å². The van der Waals surface area contributed by atoms with Gasteiger partial charge in [0.25, 0.3) is 0 Å². The van der Waals surface area contributed by atoms with Crippen LogP contribution in [0.5, 0.6) is 0 Å². The van der Waals surface area contributed by atoms with Crippen molar-refractivity contribution >= 4 is 0 Å². The van der Waals surface area contributed by atoms with Gasteiger partial charge in [-0.15, -0.1) is 0 Å². The number of nitrogens with zero attached hydrogens (tertiary/aromatic N) is 1. The van der Waals surface area contributed by atoms with Crippen LogP contribution in [0, 0.1) is 5.92 Å². The lowest BCUT2D eigenvalue weighted by molar-refractivity contribution is 0.263. The lowest BCUT2D eigenvalue weighted by Crippen LogP contribution is -2.35. The molecule has 1 fully saturated rings. The molecule has 2 rings (SSSR count). The Morgan fingerprint density at radius 2 is 2.25 bits per heavy atom. The highest BCUT2D eigenvalue weighted by molar-refractivity contribution is 4.97. The topological polar surface area (TPSA) is 15.3 Å². The Labute approximate surface area is 100 Å². The van der Waals surface area contributed by atoms with Crippen LogP contribution in [-0.4, -0.2) is 36.6 Å². The summed E-state index contributed by atoms with van der Waals surface area (Å²) in [6, 6.07) is 1.38. The van der Waals surface area contributed by atoms with Crippen LogP contribution in [0.25, 0.3) is 0 Å². The maximum Gasteiger partial charge on any atom is 0.0250 e. The fourth-order valence-corrected chi connectivity index (χ4v) is 2.80. The van der Waals surface area contributed by atoms with Crippen molar-refractivity contribution in [3.05, 3.63) is 12.2 Å². The number of hydrogen-bond acceptors (Lipinski definition) is 2. The summed E-state index contributed by atoms with van der Waals surface area (Å²) in [4.78, 5) is 2.60. The van der Waals surface area contributed by atoms with Crippen LogP contribution in [0.2, 0.25) is 0 Å². The molecule has 2 heteroatoms. The van der Waals surface area contributed by atoms with Gasteiger partial charge in [-0.3, -0.25) is 0 Å². The maximum atomic E-state index is 3.71. The zero-order valence-electron chi connectivity index (χ0n) is 10.8. The fraction of sp³-hybridized carbons (Fsp3) is 0.857. The van der Waals surface area contributed by atoms with Crippen LogP contribution in [-0.2, 0) is 0 Å². The van der Waals surface area contributed by atoms with E-state index in [1.807, 2.05) is 0 Å². The molecular weight excluding hydrogens is 196 g/mol. The molecule has 2 nitrogen and oxygen atoms in total. The predicted molar refractivity (Wildman–Crippen MR) is 69.6 cm³/mol. The number of likely N-dealkylation sites (tertiary alicyclic amines) is 1. The Kier molecular flexibility index (Phi) is 4.42. The van der Waals surface area contributed by atoms with E-state index in [2.05, 4.69) is 36.2 Å². The first-order valence-electron chi connectivity index (χ1n) is 6.90. The minimum absolute atomic E-state index is 0.654. The highest BCUT2D eigenvalue weighted by Crippen LogP contribution is 2.18. The average molecular weight is 222 g/mol. The van der Waals surface area contributed by atoms with E-state index in [1.54, 1.807) is 0 Å². The smallest absolute Gasteiger partial charge is 0.0250 e. The Balaban J connectivity index is 1.67. The Bertz CT molecular complexity index is 235. The molecule has 1 heterocycles. The Morgan fingerprint density at radius 3 is 2.88 bits per heavy atom. The molecule has 0 aromatic carbocycles. The maximum absolute atomic E-state index is 3.71. The van der Waals surface area contributed by atoms with Crippen LogP contribution in [0.1, 0.15) is 39.5 Å². The first-order valence-corrected chi connectivity index (χ1v) is 6.90. The summed E-state index contributed by atoms with van der Waals surface area (Å²) in [6.45, 7) is 8.41. The monoisotopic (exact) mass is 222 g/mol. The first-order chi connectivity index (χ1) is 7.75. The minimum Gasteiger partial charge on any atom is -0.310 e. The molecule has 0 aromatic heterocycles. The van der Waals surface area contributed by atoms with Crippen LogP contribution in [0.15, 0.2) is 12.2 Å². The van der Waals surface area contributed by atoms with Crippen molar-refractivity contribution in [2.45, 2.75) is 51.6 Å². The molecule has 1 aliphatic heterocycles. The Morgan fingerprint density at radius 1 is 1.38 bits per heavy atom. The zero-order chi connectivity index (χ0) is 11.4. The van der Waals surface area contributed by atoms with Crippen molar-refractivity contribution < 1.29 is 0 Å². The quantitative estimate of drug-likeness (QED) is 0.735. The second-order valence-electron chi connectivity index (χ2n) is 5.62. The largest absolute Gasteiger partial charge is 0.310 e. The van der Waals surface area contributed by atoms with Gasteiger partial charge in [-0.2, -0.15) is 0 Å². The van der Waals surface area contributed by atoms with Gasteiger partial charge >= 0.3 is 0 Å². The van der Waals surface area contributed by atoms with Gasteiger partial charge in [0, 0.05) is 18.6 Å². The molecule has 0 radical (unpaired) electrons. The van der Waals surface area contributed by atoms with E-state index >= 15 is 0 Å². The predicted octanol–water partition coefficient (Wildman–Crippen LogP) is 2.42. The normalized spacial score (nSPS) is 31.4. The number of rotatable bonds is 4. The molecule has 1 saturated heterocycles. The molecule has 0 spiro atoms. The highest BCUT2D eigenvalue weighted by atomic mass is 15.2. The molecule has 1 N–H and O–H groups in total. The van der Waals surface area contributed by atoms with Crippen LogP contribution >= 0.6 is 0 Å². The van der Waals surface area contributed by atoms with Gasteiger partial charge in [-0.05, 0) is 58.5 Å². The van der Waals surface area contributed by atoms with Gasteiger partial charge in [0.1, 0.15) is 0 Å². The average Bonchev–Trinajstić information content (AvgIpc) is 2.76. The van der Waals surface area contributed by atoms with Gasteiger partial charge in [-0.1, -0.05) is 12.2 Å². The van der Waals surface area contributed by atoms with Crippen LogP contribution < -0.4 is 5.32 Å². The van der Waals surface area contributed by atoms with Crippen molar-refractivity contribution in [3.8, 4) is 0 Å². The molecule has 92 valence electrons. The summed E-state index contributed by atoms with van der Waals surface area (Å²) in [5, 5.41) is 3.71. The molecular formula is C14H26N2. The molecule has 2 unspecified atom stereocenters. The van der Waals surface area contributed by atoms with E-state index in [9.17, 15) is 0 Å². The number of allylic oxidation sites excluding steroid dienone is 1. The van der Waals surface area contributed by atoms with Gasteiger partial charge in [0.2, 0.25) is 0 Å². The highest BCUT2D eigenvalue weighted by Gasteiger charge is 2.24. The minimum atomic E-state index is 0.654. The van der Waals surface area contributed by atoms with E-state index in [0.29, 0.717) is 6.04 Å². The van der Waals surface area contributed by atoms with Gasteiger partial charge in [0.15, 0.2) is 0 Å². The van der Waals surface area contributed by atoms with Gasteiger partial charge in [-0.25, -0.2) is 0 Å². The van der Waals surface area contributed by atoms with E-state index in [1.165, 1.54) is 45.3 Å². The van der Waals surface area contributed by atoms with Crippen molar-refractivity contribution in [3.63, 3.8) is 0 Å². The lowest BCUT2D eigenvalue weighted by atomic mass is 10.0. The third kappa shape index (κ3) is 3.33. The summed E-state index contributed by atoms with van der Waals surface area (Å²) in [5.41, 5.74) is 0.